The Hall–Kier alpha value is -0.260. The lowest BCUT2D eigenvalue weighted by molar-refractivity contribution is 0.239. The highest BCUT2D eigenvalue weighted by Gasteiger charge is 2.30. The van der Waals surface area contributed by atoms with Crippen molar-refractivity contribution in [1.82, 2.24) is 0 Å². The standard InChI is InChI=1S/C10H16/c1-2-9-7-8-3-5-10(9)6-4-8/h2,8,10H,3-7H2,1H3/b9-2-. The van der Waals surface area contributed by atoms with Gasteiger partial charge in [0.15, 0.2) is 0 Å². The molecule has 0 unspecified atom stereocenters. The molecular weight excluding hydrogens is 120 g/mol. The molecule has 0 spiro atoms. The molecule has 0 saturated heterocycles. The molecule has 0 radical (unpaired) electrons. The van der Waals surface area contributed by atoms with Gasteiger partial charge in [0.05, 0.1) is 0 Å². The van der Waals surface area contributed by atoms with Crippen molar-refractivity contribution in [2.24, 2.45) is 11.8 Å². The van der Waals surface area contributed by atoms with Crippen LogP contribution in [0.15, 0.2) is 11.6 Å². The Morgan fingerprint density at radius 2 is 1.90 bits per heavy atom. The Morgan fingerprint density at radius 1 is 1.20 bits per heavy atom. The Labute approximate surface area is 63.3 Å². The van der Waals surface area contributed by atoms with Crippen LogP contribution in [-0.2, 0) is 0 Å². The molecule has 0 heteroatoms. The molecule has 0 aliphatic heterocycles. The van der Waals surface area contributed by atoms with Gasteiger partial charge in [0.1, 0.15) is 0 Å². The minimum Gasteiger partial charge on any atom is -0.0882 e. The van der Waals surface area contributed by atoms with E-state index in [2.05, 4.69) is 13.0 Å². The van der Waals surface area contributed by atoms with Crippen molar-refractivity contribution in [3.8, 4) is 0 Å². The summed E-state index contributed by atoms with van der Waals surface area (Å²) in [5.41, 5.74) is 1.77. The van der Waals surface area contributed by atoms with Crippen molar-refractivity contribution < 1.29 is 0 Å². The first kappa shape index (κ1) is 6.45. The highest BCUT2D eigenvalue weighted by atomic mass is 14.4. The zero-order valence-electron chi connectivity index (χ0n) is 6.77. The van der Waals surface area contributed by atoms with Crippen LogP contribution >= 0.6 is 0 Å². The van der Waals surface area contributed by atoms with Crippen LogP contribution in [0.3, 0.4) is 0 Å². The highest BCUT2D eigenvalue weighted by Crippen LogP contribution is 2.44. The van der Waals surface area contributed by atoms with E-state index in [4.69, 9.17) is 0 Å². The predicted octanol–water partition coefficient (Wildman–Crippen LogP) is 3.14. The van der Waals surface area contributed by atoms with Crippen LogP contribution in [0.1, 0.15) is 39.0 Å². The van der Waals surface area contributed by atoms with Gasteiger partial charge in [-0.15, -0.1) is 0 Å². The first-order valence-electron chi connectivity index (χ1n) is 4.55. The summed E-state index contributed by atoms with van der Waals surface area (Å²) in [7, 11) is 0. The van der Waals surface area contributed by atoms with Crippen molar-refractivity contribution in [2.45, 2.75) is 39.0 Å². The van der Waals surface area contributed by atoms with Crippen molar-refractivity contribution >= 4 is 0 Å². The van der Waals surface area contributed by atoms with Gasteiger partial charge in [0.2, 0.25) is 0 Å². The minimum atomic E-state index is 0.995. The van der Waals surface area contributed by atoms with Crippen LogP contribution in [0.5, 0.6) is 0 Å². The zero-order valence-corrected chi connectivity index (χ0v) is 6.77. The Balaban J connectivity index is 2.15. The normalized spacial score (nSPS) is 42.7. The van der Waals surface area contributed by atoms with Gasteiger partial charge in [-0.05, 0) is 50.9 Å². The Kier molecular flexibility index (Phi) is 1.55. The first-order chi connectivity index (χ1) is 4.90. The number of allylic oxidation sites excluding steroid dienone is 2. The molecular formula is C10H16. The van der Waals surface area contributed by atoms with Gasteiger partial charge >= 0.3 is 0 Å². The summed E-state index contributed by atoms with van der Waals surface area (Å²) >= 11 is 0. The van der Waals surface area contributed by atoms with E-state index in [1.165, 1.54) is 32.1 Å². The topological polar surface area (TPSA) is 0 Å². The third kappa shape index (κ3) is 0.902. The molecule has 0 nitrogen and oxygen atoms in total. The monoisotopic (exact) mass is 136 g/mol. The lowest BCUT2D eigenvalue weighted by Gasteiger charge is -2.38. The van der Waals surface area contributed by atoms with Crippen molar-refractivity contribution in [3.63, 3.8) is 0 Å². The van der Waals surface area contributed by atoms with Crippen molar-refractivity contribution in [2.75, 3.05) is 0 Å². The average Bonchev–Trinajstić information content (AvgIpc) is 2.06. The van der Waals surface area contributed by atoms with Gasteiger partial charge in [0.25, 0.3) is 0 Å². The molecule has 10 heavy (non-hydrogen) atoms. The molecule has 3 saturated carbocycles. The minimum absolute atomic E-state index is 0.995. The van der Waals surface area contributed by atoms with Crippen LogP contribution in [0.2, 0.25) is 0 Å². The lowest BCUT2D eigenvalue weighted by atomic mass is 9.68. The number of rotatable bonds is 0. The first-order valence-corrected chi connectivity index (χ1v) is 4.55. The highest BCUT2D eigenvalue weighted by molar-refractivity contribution is 5.12. The SMILES string of the molecule is C/C=C1/CC2CCC1CC2. The second-order valence-electron chi connectivity index (χ2n) is 3.79. The summed E-state index contributed by atoms with van der Waals surface area (Å²) in [6.07, 6.45) is 9.80. The van der Waals surface area contributed by atoms with E-state index in [-0.39, 0.29) is 0 Å². The Morgan fingerprint density at radius 3 is 2.20 bits per heavy atom. The summed E-state index contributed by atoms with van der Waals surface area (Å²) in [5.74, 6) is 2.06. The van der Waals surface area contributed by atoms with Crippen LogP contribution in [-0.4, -0.2) is 0 Å². The molecule has 2 bridgehead atoms. The second kappa shape index (κ2) is 2.41. The van der Waals surface area contributed by atoms with Crippen LogP contribution in [0.25, 0.3) is 0 Å². The fourth-order valence-corrected chi connectivity index (χ4v) is 2.59. The van der Waals surface area contributed by atoms with Crippen molar-refractivity contribution in [1.29, 1.82) is 0 Å². The fraction of sp³-hybridized carbons (Fsp3) is 0.800. The summed E-state index contributed by atoms with van der Waals surface area (Å²) in [5, 5.41) is 0. The smallest absolute Gasteiger partial charge is 0.0203 e. The van der Waals surface area contributed by atoms with E-state index in [0.29, 0.717) is 0 Å². The number of hydrogen-bond acceptors (Lipinski definition) is 0. The Bertz CT molecular complexity index is 147. The predicted molar refractivity (Wildman–Crippen MR) is 43.8 cm³/mol. The average molecular weight is 136 g/mol. The molecule has 3 rings (SSSR count). The number of hydrogen-bond donors (Lipinski definition) is 0. The van der Waals surface area contributed by atoms with Crippen LogP contribution in [0.4, 0.5) is 0 Å². The van der Waals surface area contributed by atoms with Gasteiger partial charge in [-0.1, -0.05) is 11.6 Å². The van der Waals surface area contributed by atoms with Gasteiger partial charge < -0.3 is 0 Å². The third-order valence-corrected chi connectivity index (χ3v) is 3.27. The molecule has 0 aromatic rings. The van der Waals surface area contributed by atoms with E-state index in [1.54, 1.807) is 5.57 Å². The zero-order chi connectivity index (χ0) is 6.97. The molecule has 56 valence electrons. The fourth-order valence-electron chi connectivity index (χ4n) is 2.59. The van der Waals surface area contributed by atoms with Gasteiger partial charge in [-0.2, -0.15) is 0 Å². The second-order valence-corrected chi connectivity index (χ2v) is 3.79. The summed E-state index contributed by atoms with van der Waals surface area (Å²) in [6.45, 7) is 2.20. The maximum absolute atomic E-state index is 2.36. The molecule has 3 fully saturated rings. The molecule has 3 aliphatic carbocycles. The van der Waals surface area contributed by atoms with Gasteiger partial charge in [-0.25, -0.2) is 0 Å². The maximum Gasteiger partial charge on any atom is -0.0203 e. The molecule has 0 N–H and O–H groups in total. The van der Waals surface area contributed by atoms with Crippen molar-refractivity contribution in [3.05, 3.63) is 11.6 Å². The molecule has 3 aliphatic rings. The van der Waals surface area contributed by atoms with Crippen LogP contribution < -0.4 is 0 Å². The maximum atomic E-state index is 2.36. The van der Waals surface area contributed by atoms with E-state index in [1.807, 2.05) is 0 Å². The van der Waals surface area contributed by atoms with E-state index >= 15 is 0 Å². The van der Waals surface area contributed by atoms with Crippen LogP contribution in [0, 0.1) is 11.8 Å². The summed E-state index contributed by atoms with van der Waals surface area (Å²) in [4.78, 5) is 0. The molecule has 0 amide bonds. The summed E-state index contributed by atoms with van der Waals surface area (Å²) < 4.78 is 0. The third-order valence-electron chi connectivity index (χ3n) is 3.27. The van der Waals surface area contributed by atoms with E-state index in [0.717, 1.165) is 11.8 Å². The molecule has 0 aromatic heterocycles. The quantitative estimate of drug-likeness (QED) is 0.449. The largest absolute Gasteiger partial charge is 0.0882 e. The van der Waals surface area contributed by atoms with Gasteiger partial charge in [0, 0.05) is 0 Å². The summed E-state index contributed by atoms with van der Waals surface area (Å²) in [6, 6.07) is 0. The number of fused-ring (bicyclic) bond motifs is 3. The van der Waals surface area contributed by atoms with Gasteiger partial charge in [-0.3, -0.25) is 0 Å². The lowest BCUT2D eigenvalue weighted by Crippen LogP contribution is -2.24. The van der Waals surface area contributed by atoms with E-state index in [9.17, 15) is 0 Å². The molecule has 0 aromatic carbocycles. The molecule has 0 heterocycles. The van der Waals surface area contributed by atoms with E-state index < -0.39 is 0 Å². The molecule has 0 atom stereocenters.